The Balaban J connectivity index is 2.13. The molecule has 0 saturated heterocycles. The maximum Gasteiger partial charge on any atom is 0.407 e. The Hall–Kier alpha value is -3.06. The smallest absolute Gasteiger partial charge is 0.407 e. The average Bonchev–Trinajstić information content (AvgIpc) is 2.82. The van der Waals surface area contributed by atoms with E-state index in [1.54, 1.807) is 0 Å². The second kappa shape index (κ2) is 15.0. The Morgan fingerprint density at radius 3 is 1.69 bits per heavy atom. The molecule has 2 aromatic rings. The van der Waals surface area contributed by atoms with Gasteiger partial charge in [0.15, 0.2) is 0 Å². The van der Waals surface area contributed by atoms with Gasteiger partial charge in [0.25, 0.3) is 0 Å². The third-order valence-electron chi connectivity index (χ3n) is 5.33. The van der Waals surface area contributed by atoms with Crippen molar-refractivity contribution in [2.75, 3.05) is 13.2 Å². The number of ether oxygens (including phenoxy) is 2. The summed E-state index contributed by atoms with van der Waals surface area (Å²) in [5.74, 6) is 0.421. The van der Waals surface area contributed by atoms with Gasteiger partial charge in [-0.05, 0) is 42.2 Å². The van der Waals surface area contributed by atoms with Crippen molar-refractivity contribution in [2.24, 2.45) is 11.8 Å². The number of aliphatic hydroxyl groups is 1. The van der Waals surface area contributed by atoms with Crippen LogP contribution in [0.2, 0.25) is 0 Å². The molecule has 0 heterocycles. The van der Waals surface area contributed by atoms with Gasteiger partial charge in [-0.15, -0.1) is 0 Å². The monoisotopic (exact) mass is 484 g/mol. The second-order valence-electron chi connectivity index (χ2n) is 9.76. The van der Waals surface area contributed by atoms with E-state index in [-0.39, 0.29) is 24.3 Å². The highest BCUT2D eigenvalue weighted by atomic mass is 16.6. The van der Waals surface area contributed by atoms with Gasteiger partial charge < -0.3 is 25.2 Å². The largest absolute Gasteiger partial charge is 0.449 e. The number of rotatable bonds is 13. The summed E-state index contributed by atoms with van der Waals surface area (Å²) < 4.78 is 10.6. The molecule has 0 spiro atoms. The van der Waals surface area contributed by atoms with Gasteiger partial charge in [-0.1, -0.05) is 88.4 Å². The summed E-state index contributed by atoms with van der Waals surface area (Å²) in [6.45, 7) is 8.46. The first kappa shape index (κ1) is 28.2. The van der Waals surface area contributed by atoms with Crippen molar-refractivity contribution in [1.29, 1.82) is 0 Å². The minimum absolute atomic E-state index is 0.203. The molecule has 192 valence electrons. The molecule has 0 unspecified atom stereocenters. The molecule has 0 fully saturated rings. The number of hydrogen-bond donors (Lipinski definition) is 3. The second-order valence-corrected chi connectivity index (χ2v) is 9.76. The molecule has 7 heteroatoms. The van der Waals surface area contributed by atoms with Crippen LogP contribution in [0.4, 0.5) is 9.59 Å². The fourth-order valence-corrected chi connectivity index (χ4v) is 3.59. The van der Waals surface area contributed by atoms with E-state index < -0.39 is 24.3 Å². The number of carbonyl (C=O) groups is 2. The quantitative estimate of drug-likeness (QED) is 0.382. The van der Waals surface area contributed by atoms with Crippen molar-refractivity contribution in [1.82, 2.24) is 10.6 Å². The molecule has 0 aliphatic heterocycles. The fraction of sp³-hybridized carbons (Fsp3) is 0.500. The molecule has 0 aliphatic rings. The van der Waals surface area contributed by atoms with Gasteiger partial charge in [0.1, 0.15) is 0 Å². The van der Waals surface area contributed by atoms with Crippen molar-refractivity contribution >= 4 is 12.2 Å². The molecule has 0 aliphatic carbocycles. The van der Waals surface area contributed by atoms with Crippen molar-refractivity contribution in [3.63, 3.8) is 0 Å². The fourth-order valence-electron chi connectivity index (χ4n) is 3.59. The molecule has 0 radical (unpaired) electrons. The van der Waals surface area contributed by atoms with E-state index in [1.165, 1.54) is 0 Å². The van der Waals surface area contributed by atoms with Crippen LogP contribution in [0.5, 0.6) is 0 Å². The zero-order chi connectivity index (χ0) is 25.6. The molecule has 3 atom stereocenters. The summed E-state index contributed by atoms with van der Waals surface area (Å²) in [5.41, 5.74) is 2.00. The van der Waals surface area contributed by atoms with E-state index in [0.717, 1.165) is 11.1 Å². The van der Waals surface area contributed by atoms with Crippen LogP contribution < -0.4 is 10.6 Å². The number of amides is 2. The first-order chi connectivity index (χ1) is 16.7. The summed E-state index contributed by atoms with van der Waals surface area (Å²) in [5, 5.41) is 16.9. The van der Waals surface area contributed by atoms with E-state index in [2.05, 4.69) is 10.6 Å². The van der Waals surface area contributed by atoms with Gasteiger partial charge in [0, 0.05) is 6.04 Å². The molecule has 2 amide bonds. The van der Waals surface area contributed by atoms with Gasteiger partial charge in [-0.25, -0.2) is 9.59 Å². The first-order valence-corrected chi connectivity index (χ1v) is 12.4. The van der Waals surface area contributed by atoms with Crippen LogP contribution in [0.1, 0.15) is 45.2 Å². The number of alkyl carbamates (subject to hydrolysis) is 2. The van der Waals surface area contributed by atoms with Crippen LogP contribution in [0, 0.1) is 11.8 Å². The maximum absolute atomic E-state index is 12.4. The lowest BCUT2D eigenvalue weighted by Crippen LogP contribution is -2.49. The van der Waals surface area contributed by atoms with Crippen LogP contribution in [-0.4, -0.2) is 48.7 Å². The first-order valence-electron chi connectivity index (χ1n) is 12.4. The number of carbonyl (C=O) groups excluding carboxylic acids is 2. The Bertz CT molecular complexity index is 873. The van der Waals surface area contributed by atoms with Crippen molar-refractivity contribution < 1.29 is 24.2 Å². The van der Waals surface area contributed by atoms with Crippen molar-refractivity contribution in [3.05, 3.63) is 71.8 Å². The lowest BCUT2D eigenvalue weighted by molar-refractivity contribution is 0.0844. The Morgan fingerprint density at radius 1 is 0.743 bits per heavy atom. The molecule has 0 saturated carbocycles. The summed E-state index contributed by atoms with van der Waals surface area (Å²) >= 11 is 0. The lowest BCUT2D eigenvalue weighted by atomic mass is 9.94. The molecule has 0 aromatic heterocycles. The molecule has 7 nitrogen and oxygen atoms in total. The van der Waals surface area contributed by atoms with Gasteiger partial charge >= 0.3 is 12.2 Å². The van der Waals surface area contributed by atoms with E-state index in [9.17, 15) is 14.7 Å². The van der Waals surface area contributed by atoms with Crippen LogP contribution >= 0.6 is 0 Å². The minimum Gasteiger partial charge on any atom is -0.449 e. The molecular formula is C28H40N2O5. The highest BCUT2D eigenvalue weighted by Crippen LogP contribution is 2.14. The SMILES string of the molecule is CC(C)COC(=O)N[C@@H](Cc1ccccc1)C[C@H](O)[C@H](Cc1ccccc1)NC(=O)OCC(C)C. The third kappa shape index (κ3) is 11.8. The lowest BCUT2D eigenvalue weighted by Gasteiger charge is -2.28. The van der Waals surface area contributed by atoms with Gasteiger partial charge in [0.05, 0.1) is 25.4 Å². The Kier molecular flexibility index (Phi) is 12.1. The van der Waals surface area contributed by atoms with E-state index in [4.69, 9.17) is 9.47 Å². The molecule has 2 rings (SSSR count). The third-order valence-corrected chi connectivity index (χ3v) is 5.33. The number of aliphatic hydroxyl groups excluding tert-OH is 1. The molecule has 35 heavy (non-hydrogen) atoms. The highest BCUT2D eigenvalue weighted by molar-refractivity contribution is 5.68. The summed E-state index contributed by atoms with van der Waals surface area (Å²) in [6, 6.07) is 18.4. The van der Waals surface area contributed by atoms with Crippen LogP contribution in [0.15, 0.2) is 60.7 Å². The average molecular weight is 485 g/mol. The minimum atomic E-state index is -0.930. The zero-order valence-corrected chi connectivity index (χ0v) is 21.3. The van der Waals surface area contributed by atoms with E-state index in [1.807, 2.05) is 88.4 Å². The van der Waals surface area contributed by atoms with Gasteiger partial charge in [-0.3, -0.25) is 0 Å². The summed E-state index contributed by atoms with van der Waals surface area (Å²) in [4.78, 5) is 24.8. The van der Waals surface area contributed by atoms with Crippen LogP contribution in [0.25, 0.3) is 0 Å². The summed E-state index contributed by atoms with van der Waals surface area (Å²) in [6.07, 6.45) is -0.841. The number of benzene rings is 2. The van der Waals surface area contributed by atoms with Gasteiger partial charge in [-0.2, -0.15) is 0 Å². The summed E-state index contributed by atoms with van der Waals surface area (Å²) in [7, 11) is 0. The molecule has 0 bridgehead atoms. The normalized spacial score (nSPS) is 13.7. The topological polar surface area (TPSA) is 96.9 Å². The highest BCUT2D eigenvalue weighted by Gasteiger charge is 2.27. The van der Waals surface area contributed by atoms with Gasteiger partial charge in [0.2, 0.25) is 0 Å². The number of nitrogens with one attached hydrogen (secondary N) is 2. The van der Waals surface area contributed by atoms with Crippen LogP contribution in [0.3, 0.4) is 0 Å². The standard InChI is InChI=1S/C28H40N2O5/c1-20(2)18-34-27(32)29-24(15-22-11-7-5-8-12-22)17-26(31)25(16-23-13-9-6-10-14-23)30-28(33)35-19-21(3)4/h5-14,20-21,24-26,31H,15-19H2,1-4H3,(H,29,32)(H,30,33)/t24-,25-,26-/m0/s1. The molecule has 2 aromatic carbocycles. The van der Waals surface area contributed by atoms with Crippen molar-refractivity contribution in [2.45, 2.75) is 65.1 Å². The number of hydrogen-bond acceptors (Lipinski definition) is 5. The maximum atomic E-state index is 12.4. The van der Waals surface area contributed by atoms with Crippen molar-refractivity contribution in [3.8, 4) is 0 Å². The van der Waals surface area contributed by atoms with E-state index >= 15 is 0 Å². The Labute approximate surface area is 209 Å². The zero-order valence-electron chi connectivity index (χ0n) is 21.3. The Morgan fingerprint density at radius 2 is 1.20 bits per heavy atom. The predicted octanol–water partition coefficient (Wildman–Crippen LogP) is 4.72. The van der Waals surface area contributed by atoms with Crippen LogP contribution in [-0.2, 0) is 22.3 Å². The van der Waals surface area contributed by atoms with E-state index in [0.29, 0.717) is 26.1 Å². The molecule has 3 N–H and O–H groups in total. The predicted molar refractivity (Wildman–Crippen MR) is 137 cm³/mol. The molecular weight excluding hydrogens is 444 g/mol.